The molecule has 0 N–H and O–H groups in total. The number of benzene rings is 2. The van der Waals surface area contributed by atoms with E-state index in [0.29, 0.717) is 26.2 Å². The van der Waals surface area contributed by atoms with Gasteiger partial charge >= 0.3 is 0 Å². The Morgan fingerprint density at radius 3 is 2.54 bits per heavy atom. The Hall–Kier alpha value is -3.24. The number of sulfonamides is 1. The molecule has 0 saturated carbocycles. The highest BCUT2D eigenvalue weighted by atomic mass is 32.2. The van der Waals surface area contributed by atoms with Crippen LogP contribution in [-0.2, 0) is 16.6 Å². The molecule has 2 aromatic carbocycles. The fourth-order valence-corrected chi connectivity index (χ4v) is 6.41. The molecule has 0 spiro atoms. The van der Waals surface area contributed by atoms with Crippen molar-refractivity contribution in [2.45, 2.75) is 44.7 Å². The summed E-state index contributed by atoms with van der Waals surface area (Å²) in [7, 11) is -3.61. The molecule has 0 aliphatic carbocycles. The van der Waals surface area contributed by atoms with Gasteiger partial charge in [0.05, 0.1) is 23.6 Å². The lowest BCUT2D eigenvalue weighted by Crippen LogP contribution is -2.54. The number of hydrogen-bond acceptors (Lipinski definition) is 5. The third kappa shape index (κ3) is 4.21. The normalized spacial score (nSPS) is 17.4. The average molecular weight is 497 g/mol. The number of nitrogens with zero attached hydrogens (tertiary/aromatic N) is 6. The van der Waals surface area contributed by atoms with Gasteiger partial charge in [0, 0.05) is 49.5 Å². The molecule has 8 nitrogen and oxygen atoms in total. The van der Waals surface area contributed by atoms with E-state index in [1.54, 1.807) is 32.0 Å². The lowest BCUT2D eigenvalue weighted by atomic mass is 10.1. The molecule has 3 heterocycles. The Balaban J connectivity index is 1.38. The standard InChI is InChI=1S/C25H29FN6O2S/c1-4-11-30-17-22(14-27-30)35(33,34)31-13-12-29(16-18(31)2)24-9-10-25-23(19(24)3)15-28-32(25)21-7-5-20(26)6-8-21/h5-10,14-15,17-18H,4,11-13,16H2,1-3H3/t18-/m1/s1. The number of fused-ring (bicyclic) bond motifs is 1. The smallest absolute Gasteiger partial charge is 0.246 e. The minimum atomic E-state index is -3.61. The number of rotatable bonds is 6. The van der Waals surface area contributed by atoms with Gasteiger partial charge in [0.15, 0.2) is 0 Å². The molecular formula is C25H29FN6O2S. The van der Waals surface area contributed by atoms with Crippen LogP contribution in [0.4, 0.5) is 10.1 Å². The van der Waals surface area contributed by atoms with Crippen molar-refractivity contribution in [3.8, 4) is 5.69 Å². The summed E-state index contributed by atoms with van der Waals surface area (Å²) in [4.78, 5) is 2.48. The molecule has 184 valence electrons. The topological polar surface area (TPSA) is 76.3 Å². The molecule has 1 saturated heterocycles. The monoisotopic (exact) mass is 496 g/mol. The number of hydrogen-bond donors (Lipinski definition) is 0. The van der Waals surface area contributed by atoms with Crippen molar-refractivity contribution in [3.63, 3.8) is 0 Å². The van der Waals surface area contributed by atoms with Crippen molar-refractivity contribution in [2.24, 2.45) is 0 Å². The maximum Gasteiger partial charge on any atom is 0.246 e. The van der Waals surface area contributed by atoms with E-state index in [-0.39, 0.29) is 16.8 Å². The van der Waals surface area contributed by atoms with Crippen LogP contribution < -0.4 is 4.90 Å². The summed E-state index contributed by atoms with van der Waals surface area (Å²) in [5, 5.41) is 9.74. The van der Waals surface area contributed by atoms with Crippen LogP contribution in [-0.4, -0.2) is 58.0 Å². The second kappa shape index (κ2) is 9.09. The average Bonchev–Trinajstić information content (AvgIpc) is 3.48. The quantitative estimate of drug-likeness (QED) is 0.404. The van der Waals surface area contributed by atoms with E-state index in [4.69, 9.17) is 0 Å². The van der Waals surface area contributed by atoms with Crippen molar-refractivity contribution < 1.29 is 12.8 Å². The summed E-state index contributed by atoms with van der Waals surface area (Å²) in [6.45, 7) is 8.30. The van der Waals surface area contributed by atoms with E-state index in [2.05, 4.69) is 28.1 Å². The van der Waals surface area contributed by atoms with E-state index >= 15 is 0 Å². The Morgan fingerprint density at radius 1 is 1.06 bits per heavy atom. The molecule has 0 radical (unpaired) electrons. The number of aromatic nitrogens is 4. The highest BCUT2D eigenvalue weighted by Gasteiger charge is 2.35. The molecule has 10 heteroatoms. The van der Waals surface area contributed by atoms with Gasteiger partial charge in [-0.05, 0) is 62.2 Å². The van der Waals surface area contributed by atoms with Crippen LogP contribution in [0.1, 0.15) is 25.8 Å². The number of piperazine rings is 1. The molecule has 4 aromatic rings. The molecule has 1 fully saturated rings. The number of anilines is 1. The fourth-order valence-electron chi connectivity index (χ4n) is 4.84. The third-order valence-electron chi connectivity index (χ3n) is 6.64. The molecular weight excluding hydrogens is 467 g/mol. The summed E-state index contributed by atoms with van der Waals surface area (Å²) in [6.07, 6.45) is 5.79. The highest BCUT2D eigenvalue weighted by Crippen LogP contribution is 2.32. The first-order valence-electron chi connectivity index (χ1n) is 11.8. The first-order chi connectivity index (χ1) is 16.8. The molecule has 0 bridgehead atoms. The molecule has 1 aliphatic rings. The van der Waals surface area contributed by atoms with Gasteiger partial charge in [-0.3, -0.25) is 4.68 Å². The summed E-state index contributed by atoms with van der Waals surface area (Å²) in [5.74, 6) is -0.284. The second-order valence-electron chi connectivity index (χ2n) is 9.03. The maximum absolute atomic E-state index is 13.3. The second-order valence-corrected chi connectivity index (χ2v) is 10.9. The van der Waals surface area contributed by atoms with E-state index in [1.807, 2.05) is 26.1 Å². The van der Waals surface area contributed by atoms with Crippen molar-refractivity contribution in [2.75, 3.05) is 24.5 Å². The molecule has 5 rings (SSSR count). The van der Waals surface area contributed by atoms with Gasteiger partial charge in [-0.2, -0.15) is 14.5 Å². The molecule has 0 unspecified atom stereocenters. The Bertz CT molecular complexity index is 1460. The predicted octanol–water partition coefficient (Wildman–Crippen LogP) is 3.98. The van der Waals surface area contributed by atoms with Crippen LogP contribution in [0.3, 0.4) is 0 Å². The Labute approximate surface area is 204 Å². The number of halogens is 1. The van der Waals surface area contributed by atoms with Gasteiger partial charge in [-0.25, -0.2) is 17.5 Å². The minimum Gasteiger partial charge on any atom is -0.368 e. The zero-order chi connectivity index (χ0) is 24.7. The summed E-state index contributed by atoms with van der Waals surface area (Å²) in [6, 6.07) is 10.1. The molecule has 0 amide bonds. The molecule has 1 aliphatic heterocycles. The summed E-state index contributed by atoms with van der Waals surface area (Å²) < 4.78 is 45.0. The molecule has 1 atom stereocenters. The lowest BCUT2D eigenvalue weighted by Gasteiger charge is -2.40. The first-order valence-corrected chi connectivity index (χ1v) is 13.3. The van der Waals surface area contributed by atoms with Crippen LogP contribution in [0.25, 0.3) is 16.6 Å². The van der Waals surface area contributed by atoms with Crippen LogP contribution in [0.15, 0.2) is 59.9 Å². The Morgan fingerprint density at radius 2 is 1.83 bits per heavy atom. The predicted molar refractivity (Wildman–Crippen MR) is 134 cm³/mol. The third-order valence-corrected chi connectivity index (χ3v) is 8.61. The zero-order valence-electron chi connectivity index (χ0n) is 20.1. The van der Waals surface area contributed by atoms with Crippen LogP contribution >= 0.6 is 0 Å². The van der Waals surface area contributed by atoms with Gasteiger partial charge in [-0.1, -0.05) is 6.92 Å². The van der Waals surface area contributed by atoms with Crippen molar-refractivity contribution in [1.82, 2.24) is 23.9 Å². The maximum atomic E-state index is 13.3. The zero-order valence-corrected chi connectivity index (χ0v) is 20.9. The van der Waals surface area contributed by atoms with Gasteiger partial charge < -0.3 is 4.90 Å². The van der Waals surface area contributed by atoms with E-state index in [1.165, 1.54) is 18.3 Å². The lowest BCUT2D eigenvalue weighted by molar-refractivity contribution is 0.306. The van der Waals surface area contributed by atoms with E-state index in [0.717, 1.165) is 34.3 Å². The summed E-state index contributed by atoms with van der Waals surface area (Å²) >= 11 is 0. The van der Waals surface area contributed by atoms with Crippen molar-refractivity contribution >= 4 is 26.6 Å². The van der Waals surface area contributed by atoms with Gasteiger partial charge in [0.25, 0.3) is 0 Å². The van der Waals surface area contributed by atoms with E-state index < -0.39 is 10.0 Å². The first kappa shape index (κ1) is 23.5. The van der Waals surface area contributed by atoms with Gasteiger partial charge in [-0.15, -0.1) is 0 Å². The van der Waals surface area contributed by atoms with Gasteiger partial charge in [0.2, 0.25) is 10.0 Å². The van der Waals surface area contributed by atoms with Crippen molar-refractivity contribution in [3.05, 3.63) is 66.4 Å². The fraction of sp³-hybridized carbons (Fsp3) is 0.360. The SMILES string of the molecule is CCCn1cc(S(=O)(=O)N2CCN(c3ccc4c(cnn4-c4ccc(F)cc4)c3C)C[C@H]2C)cn1. The highest BCUT2D eigenvalue weighted by molar-refractivity contribution is 7.89. The van der Waals surface area contributed by atoms with E-state index in [9.17, 15) is 12.8 Å². The molecule has 2 aromatic heterocycles. The Kier molecular flexibility index (Phi) is 6.10. The molecule has 35 heavy (non-hydrogen) atoms. The van der Waals surface area contributed by atoms with Crippen LogP contribution in [0.2, 0.25) is 0 Å². The number of aryl methyl sites for hydroxylation is 2. The van der Waals surface area contributed by atoms with Crippen LogP contribution in [0, 0.1) is 12.7 Å². The van der Waals surface area contributed by atoms with Crippen LogP contribution in [0.5, 0.6) is 0 Å². The largest absolute Gasteiger partial charge is 0.368 e. The minimum absolute atomic E-state index is 0.194. The summed E-state index contributed by atoms with van der Waals surface area (Å²) in [5.41, 5.74) is 3.88. The van der Waals surface area contributed by atoms with Gasteiger partial charge in [0.1, 0.15) is 10.7 Å². The van der Waals surface area contributed by atoms with Crippen molar-refractivity contribution in [1.29, 1.82) is 0 Å².